The van der Waals surface area contributed by atoms with Gasteiger partial charge in [-0.05, 0) is 30.7 Å². The zero-order valence-electron chi connectivity index (χ0n) is 23.5. The molecule has 3 saturated heterocycles. The Morgan fingerprint density at radius 3 is 2.51 bits per heavy atom. The highest BCUT2D eigenvalue weighted by molar-refractivity contribution is 8.02. The van der Waals surface area contributed by atoms with Crippen molar-refractivity contribution in [2.24, 2.45) is 17.8 Å². The molecule has 7 atom stereocenters. The van der Waals surface area contributed by atoms with Crippen molar-refractivity contribution in [1.82, 2.24) is 14.7 Å². The molecule has 0 aromatic heterocycles. The predicted octanol–water partition coefficient (Wildman–Crippen LogP) is 3.39. The van der Waals surface area contributed by atoms with Crippen molar-refractivity contribution < 1.29 is 19.5 Å². The monoisotopic (exact) mass is 553 g/mol. The third-order valence-electron chi connectivity index (χ3n) is 8.84. The van der Waals surface area contributed by atoms with Gasteiger partial charge in [0.1, 0.15) is 6.04 Å². The number of aliphatic hydroxyl groups is 1. The van der Waals surface area contributed by atoms with Crippen LogP contribution in [0.4, 0.5) is 0 Å². The SMILES string of the molecule is C=CCN(C)C(=O)[C@@H]1[C@@H]2CC(C)C3(S2)C(C(=O)N(CC=C)CCCC)N([C@@H](CO)Cc2ccccc2)C(=O)[C@H]13. The van der Waals surface area contributed by atoms with E-state index < -0.39 is 28.7 Å². The first kappa shape index (κ1) is 29.4. The number of amides is 3. The zero-order valence-corrected chi connectivity index (χ0v) is 24.3. The van der Waals surface area contributed by atoms with Crippen molar-refractivity contribution in [3.63, 3.8) is 0 Å². The number of thioether (sulfide) groups is 1. The van der Waals surface area contributed by atoms with E-state index in [1.54, 1.807) is 40.8 Å². The lowest BCUT2D eigenvalue weighted by molar-refractivity contribution is -0.146. The van der Waals surface area contributed by atoms with Crippen molar-refractivity contribution in [3.8, 4) is 0 Å². The Morgan fingerprint density at radius 2 is 1.90 bits per heavy atom. The van der Waals surface area contributed by atoms with Gasteiger partial charge >= 0.3 is 0 Å². The summed E-state index contributed by atoms with van der Waals surface area (Å²) in [6, 6.07) is 8.44. The van der Waals surface area contributed by atoms with Crippen molar-refractivity contribution in [2.75, 3.05) is 33.3 Å². The van der Waals surface area contributed by atoms with Crippen LogP contribution < -0.4 is 0 Å². The van der Waals surface area contributed by atoms with Gasteiger partial charge in [0.05, 0.1) is 29.2 Å². The summed E-state index contributed by atoms with van der Waals surface area (Å²) >= 11 is 1.68. The van der Waals surface area contributed by atoms with Crippen LogP contribution in [0.3, 0.4) is 0 Å². The average molecular weight is 554 g/mol. The van der Waals surface area contributed by atoms with Crippen molar-refractivity contribution in [2.45, 2.75) is 61.6 Å². The molecule has 7 nitrogen and oxygen atoms in total. The van der Waals surface area contributed by atoms with Crippen LogP contribution in [-0.2, 0) is 20.8 Å². The molecule has 1 aromatic carbocycles. The average Bonchev–Trinajstić information content (AvgIpc) is 3.53. The van der Waals surface area contributed by atoms with Crippen LogP contribution in [0, 0.1) is 17.8 Å². The van der Waals surface area contributed by atoms with Crippen LogP contribution in [0.25, 0.3) is 0 Å². The predicted molar refractivity (Wildman–Crippen MR) is 156 cm³/mol. The number of likely N-dealkylation sites (tertiary alicyclic amines) is 1. The number of aliphatic hydroxyl groups excluding tert-OH is 1. The lowest BCUT2D eigenvalue weighted by Gasteiger charge is -2.42. The Kier molecular flexibility index (Phi) is 9.27. The molecule has 0 aliphatic carbocycles. The van der Waals surface area contributed by atoms with Gasteiger partial charge in [-0.3, -0.25) is 14.4 Å². The molecule has 0 radical (unpaired) electrons. The third kappa shape index (κ3) is 5.06. The fourth-order valence-electron chi connectivity index (χ4n) is 7.06. The molecule has 1 aromatic rings. The van der Waals surface area contributed by atoms with Crippen LogP contribution >= 0.6 is 11.8 Å². The fraction of sp³-hybridized carbons (Fsp3) is 0.581. The molecule has 4 rings (SSSR count). The lowest BCUT2D eigenvalue weighted by atomic mass is 9.65. The Hall–Kier alpha value is -2.58. The van der Waals surface area contributed by atoms with E-state index in [1.165, 1.54) is 0 Å². The van der Waals surface area contributed by atoms with Crippen molar-refractivity contribution in [1.29, 1.82) is 0 Å². The number of likely N-dealkylation sites (N-methyl/N-ethyl adjacent to an activating group) is 1. The van der Waals surface area contributed by atoms with Gasteiger partial charge in [0.2, 0.25) is 17.7 Å². The Balaban J connectivity index is 1.81. The summed E-state index contributed by atoms with van der Waals surface area (Å²) in [5.41, 5.74) is 0.988. The fourth-order valence-corrected chi connectivity index (χ4v) is 9.45. The second-order valence-corrected chi connectivity index (χ2v) is 12.8. The van der Waals surface area contributed by atoms with Gasteiger partial charge in [0, 0.05) is 31.9 Å². The van der Waals surface area contributed by atoms with Gasteiger partial charge in [-0.25, -0.2) is 0 Å². The molecule has 3 unspecified atom stereocenters. The molecule has 212 valence electrons. The van der Waals surface area contributed by atoms with E-state index in [0.29, 0.717) is 26.1 Å². The number of nitrogens with zero attached hydrogens (tertiary/aromatic N) is 3. The molecule has 3 fully saturated rings. The molecule has 1 spiro atoms. The number of hydrogen-bond acceptors (Lipinski definition) is 5. The number of rotatable bonds is 13. The Morgan fingerprint density at radius 1 is 1.21 bits per heavy atom. The van der Waals surface area contributed by atoms with Crippen molar-refractivity contribution >= 4 is 29.5 Å². The maximum Gasteiger partial charge on any atom is 0.247 e. The smallest absolute Gasteiger partial charge is 0.247 e. The highest BCUT2D eigenvalue weighted by Gasteiger charge is 2.76. The second kappa shape index (κ2) is 12.3. The number of benzene rings is 1. The molecule has 3 aliphatic heterocycles. The topological polar surface area (TPSA) is 81.2 Å². The Bertz CT molecular complexity index is 1080. The van der Waals surface area contributed by atoms with E-state index in [0.717, 1.165) is 24.8 Å². The minimum atomic E-state index is -0.750. The number of fused-ring (bicyclic) bond motifs is 1. The number of carbonyl (C=O) groups excluding carboxylic acids is 3. The summed E-state index contributed by atoms with van der Waals surface area (Å²) in [5.74, 6) is -1.37. The first-order valence-corrected chi connectivity index (χ1v) is 15.0. The van der Waals surface area contributed by atoms with E-state index in [9.17, 15) is 19.5 Å². The van der Waals surface area contributed by atoms with Gasteiger partial charge in [0.25, 0.3) is 0 Å². The van der Waals surface area contributed by atoms with E-state index in [1.807, 2.05) is 35.2 Å². The lowest BCUT2D eigenvalue weighted by Crippen LogP contribution is -2.59. The summed E-state index contributed by atoms with van der Waals surface area (Å²) < 4.78 is -0.718. The highest BCUT2D eigenvalue weighted by atomic mass is 32.2. The van der Waals surface area contributed by atoms with Gasteiger partial charge < -0.3 is 19.8 Å². The molecule has 3 amide bonds. The molecule has 3 aliphatic rings. The molecule has 2 bridgehead atoms. The van der Waals surface area contributed by atoms with E-state index in [2.05, 4.69) is 27.0 Å². The molecule has 8 heteroatoms. The van der Waals surface area contributed by atoms with E-state index in [-0.39, 0.29) is 35.5 Å². The number of carbonyl (C=O) groups is 3. The van der Waals surface area contributed by atoms with Gasteiger partial charge in [-0.15, -0.1) is 24.9 Å². The highest BCUT2D eigenvalue weighted by Crippen LogP contribution is 2.69. The van der Waals surface area contributed by atoms with Crippen LogP contribution in [0.1, 0.15) is 38.7 Å². The van der Waals surface area contributed by atoms with E-state index >= 15 is 0 Å². The minimum Gasteiger partial charge on any atom is -0.394 e. The minimum absolute atomic E-state index is 0.0173. The standard InChI is InChI=1S/C31H43N3O4S/c1-6-9-17-33(16-8-3)30(38)27-31-21(4)18-24(39-31)25(28(36)32(5)15-7-2)26(31)29(37)34(27)23(20-35)19-22-13-11-10-12-14-22/h7-8,10-14,21,23-27,35H,2-3,6,9,15-20H2,1,4-5H3/t21?,23-,24+,25-,26+,27?,31?/m1/s1. The van der Waals surface area contributed by atoms with Gasteiger partial charge in [-0.2, -0.15) is 0 Å². The normalized spacial score (nSPS) is 29.7. The number of unbranched alkanes of at least 4 members (excludes halogenated alkanes) is 1. The maximum absolute atomic E-state index is 14.5. The quantitative estimate of drug-likeness (QED) is 0.379. The van der Waals surface area contributed by atoms with Crippen LogP contribution in [0.5, 0.6) is 0 Å². The summed E-state index contributed by atoms with van der Waals surface area (Å²) in [7, 11) is 1.75. The summed E-state index contributed by atoms with van der Waals surface area (Å²) in [5, 5.41) is 10.6. The Labute approximate surface area is 237 Å². The largest absolute Gasteiger partial charge is 0.394 e. The zero-order chi connectivity index (χ0) is 28.3. The summed E-state index contributed by atoms with van der Waals surface area (Å²) in [6.07, 6.45) is 6.43. The molecule has 0 saturated carbocycles. The molecule has 3 heterocycles. The number of hydrogen-bond donors (Lipinski definition) is 1. The molecular weight excluding hydrogens is 510 g/mol. The molecule has 1 N–H and O–H groups in total. The van der Waals surface area contributed by atoms with Crippen LogP contribution in [0.2, 0.25) is 0 Å². The van der Waals surface area contributed by atoms with Gasteiger partial charge in [0.15, 0.2) is 0 Å². The first-order chi connectivity index (χ1) is 18.8. The molecule has 39 heavy (non-hydrogen) atoms. The van der Waals surface area contributed by atoms with Gasteiger partial charge in [-0.1, -0.05) is 62.8 Å². The third-order valence-corrected chi connectivity index (χ3v) is 10.9. The second-order valence-electron chi connectivity index (χ2n) is 11.3. The van der Waals surface area contributed by atoms with Crippen LogP contribution in [0.15, 0.2) is 55.6 Å². The van der Waals surface area contributed by atoms with Crippen molar-refractivity contribution in [3.05, 3.63) is 61.2 Å². The maximum atomic E-state index is 14.5. The van der Waals surface area contributed by atoms with Crippen LogP contribution in [-0.4, -0.2) is 92.9 Å². The summed E-state index contributed by atoms with van der Waals surface area (Å²) in [6.45, 7) is 13.0. The molecular formula is C31H43N3O4S. The summed E-state index contributed by atoms with van der Waals surface area (Å²) in [4.78, 5) is 47.9. The van der Waals surface area contributed by atoms with E-state index in [4.69, 9.17) is 0 Å². The first-order valence-electron chi connectivity index (χ1n) is 14.2.